The Morgan fingerprint density at radius 2 is 2.04 bits per heavy atom. The van der Waals surface area contributed by atoms with Gasteiger partial charge in [-0.25, -0.2) is 9.37 Å². The van der Waals surface area contributed by atoms with Crippen LogP contribution in [0.4, 0.5) is 10.2 Å². The number of aromatic nitrogens is 1. The van der Waals surface area contributed by atoms with E-state index in [-0.39, 0.29) is 11.7 Å². The lowest BCUT2D eigenvalue weighted by Gasteiger charge is -2.11. The molecular weight excluding hydrogens is 295 g/mol. The quantitative estimate of drug-likeness (QED) is 0.821. The SMILES string of the molecule is CN(C)CCNC(=O)c1ccnc(NCc2ccccc2F)c1. The molecule has 5 nitrogen and oxygen atoms in total. The Bertz CT molecular complexity index is 661. The van der Waals surface area contributed by atoms with Crippen LogP contribution in [0.2, 0.25) is 0 Å². The fourth-order valence-corrected chi connectivity index (χ4v) is 1.99. The largest absolute Gasteiger partial charge is 0.366 e. The number of benzene rings is 1. The number of halogens is 1. The van der Waals surface area contributed by atoms with E-state index in [2.05, 4.69) is 15.6 Å². The van der Waals surface area contributed by atoms with Gasteiger partial charge in [0.2, 0.25) is 0 Å². The van der Waals surface area contributed by atoms with Crippen LogP contribution in [0.5, 0.6) is 0 Å². The summed E-state index contributed by atoms with van der Waals surface area (Å²) >= 11 is 0. The molecule has 23 heavy (non-hydrogen) atoms. The second-order valence-corrected chi connectivity index (χ2v) is 5.43. The van der Waals surface area contributed by atoms with Gasteiger partial charge in [-0.2, -0.15) is 0 Å². The van der Waals surface area contributed by atoms with E-state index in [1.807, 2.05) is 19.0 Å². The van der Waals surface area contributed by atoms with Gasteiger partial charge in [-0.15, -0.1) is 0 Å². The summed E-state index contributed by atoms with van der Waals surface area (Å²) in [7, 11) is 3.90. The minimum atomic E-state index is -0.266. The normalized spacial score (nSPS) is 10.6. The van der Waals surface area contributed by atoms with Crippen molar-refractivity contribution in [3.8, 4) is 0 Å². The molecule has 1 amide bonds. The number of carbonyl (C=O) groups excluding carboxylic acids is 1. The predicted octanol–water partition coefficient (Wildman–Crippen LogP) is 2.12. The Labute approximate surface area is 135 Å². The minimum absolute atomic E-state index is 0.150. The summed E-state index contributed by atoms with van der Waals surface area (Å²) in [5, 5.41) is 5.88. The molecule has 0 fully saturated rings. The molecule has 0 unspecified atom stereocenters. The van der Waals surface area contributed by atoms with E-state index in [9.17, 15) is 9.18 Å². The number of nitrogens with zero attached hydrogens (tertiary/aromatic N) is 2. The third kappa shape index (κ3) is 5.34. The topological polar surface area (TPSA) is 57.3 Å². The highest BCUT2D eigenvalue weighted by atomic mass is 19.1. The molecule has 2 N–H and O–H groups in total. The van der Waals surface area contributed by atoms with Gasteiger partial charge in [0, 0.05) is 37.0 Å². The molecule has 0 aliphatic carbocycles. The highest BCUT2D eigenvalue weighted by Gasteiger charge is 2.07. The van der Waals surface area contributed by atoms with E-state index in [0.717, 1.165) is 6.54 Å². The molecular formula is C17H21FN4O. The van der Waals surface area contributed by atoms with Crippen molar-refractivity contribution in [3.63, 3.8) is 0 Å². The van der Waals surface area contributed by atoms with Crippen molar-refractivity contribution in [2.75, 3.05) is 32.5 Å². The summed E-state index contributed by atoms with van der Waals surface area (Å²) in [5.41, 5.74) is 1.07. The lowest BCUT2D eigenvalue weighted by molar-refractivity contribution is 0.0951. The number of nitrogens with one attached hydrogen (secondary N) is 2. The summed E-state index contributed by atoms with van der Waals surface area (Å²) in [6.07, 6.45) is 1.56. The Balaban J connectivity index is 1.94. The monoisotopic (exact) mass is 316 g/mol. The summed E-state index contributed by atoms with van der Waals surface area (Å²) in [4.78, 5) is 18.2. The Morgan fingerprint density at radius 1 is 1.26 bits per heavy atom. The molecule has 122 valence electrons. The predicted molar refractivity (Wildman–Crippen MR) is 88.9 cm³/mol. The van der Waals surface area contributed by atoms with Crippen LogP contribution in [0, 0.1) is 5.82 Å². The second-order valence-electron chi connectivity index (χ2n) is 5.43. The zero-order chi connectivity index (χ0) is 16.7. The van der Waals surface area contributed by atoms with Crippen molar-refractivity contribution in [1.29, 1.82) is 0 Å². The number of hydrogen-bond donors (Lipinski definition) is 2. The van der Waals surface area contributed by atoms with Gasteiger partial charge in [0.15, 0.2) is 0 Å². The molecule has 1 aromatic carbocycles. The van der Waals surface area contributed by atoms with Gasteiger partial charge < -0.3 is 15.5 Å². The molecule has 6 heteroatoms. The molecule has 0 aliphatic heterocycles. The molecule has 1 aromatic heterocycles. The van der Waals surface area contributed by atoms with E-state index in [4.69, 9.17) is 0 Å². The van der Waals surface area contributed by atoms with Crippen LogP contribution in [-0.4, -0.2) is 43.0 Å². The van der Waals surface area contributed by atoms with Crippen LogP contribution < -0.4 is 10.6 Å². The van der Waals surface area contributed by atoms with Crippen molar-refractivity contribution in [3.05, 3.63) is 59.5 Å². The molecule has 0 saturated carbocycles. The fourth-order valence-electron chi connectivity index (χ4n) is 1.99. The van der Waals surface area contributed by atoms with Crippen LogP contribution in [0.15, 0.2) is 42.6 Å². The first-order chi connectivity index (χ1) is 11.1. The number of carbonyl (C=O) groups is 1. The highest BCUT2D eigenvalue weighted by Crippen LogP contribution is 2.11. The van der Waals surface area contributed by atoms with E-state index in [1.165, 1.54) is 6.07 Å². The first-order valence-corrected chi connectivity index (χ1v) is 7.42. The van der Waals surface area contributed by atoms with Gasteiger partial charge in [0.05, 0.1) is 0 Å². The van der Waals surface area contributed by atoms with E-state index < -0.39 is 0 Å². The summed E-state index contributed by atoms with van der Waals surface area (Å²) in [6, 6.07) is 9.86. The zero-order valence-electron chi connectivity index (χ0n) is 13.3. The minimum Gasteiger partial charge on any atom is -0.366 e. The van der Waals surface area contributed by atoms with Crippen molar-refractivity contribution in [2.45, 2.75) is 6.54 Å². The number of anilines is 1. The van der Waals surface area contributed by atoms with Crippen molar-refractivity contribution < 1.29 is 9.18 Å². The van der Waals surface area contributed by atoms with Gasteiger partial charge in [-0.1, -0.05) is 18.2 Å². The molecule has 2 aromatic rings. The average molecular weight is 316 g/mol. The van der Waals surface area contributed by atoms with Crippen LogP contribution >= 0.6 is 0 Å². The fraction of sp³-hybridized carbons (Fsp3) is 0.294. The lowest BCUT2D eigenvalue weighted by atomic mass is 10.2. The number of amides is 1. The smallest absolute Gasteiger partial charge is 0.251 e. The molecule has 0 radical (unpaired) electrons. The number of hydrogen-bond acceptors (Lipinski definition) is 4. The number of pyridine rings is 1. The van der Waals surface area contributed by atoms with Crippen LogP contribution in [-0.2, 0) is 6.54 Å². The molecule has 0 atom stereocenters. The average Bonchev–Trinajstić information content (AvgIpc) is 2.54. The third-order valence-corrected chi connectivity index (χ3v) is 3.28. The maximum absolute atomic E-state index is 13.6. The maximum Gasteiger partial charge on any atom is 0.251 e. The molecule has 0 spiro atoms. The first-order valence-electron chi connectivity index (χ1n) is 7.42. The van der Waals surface area contributed by atoms with E-state index >= 15 is 0 Å². The van der Waals surface area contributed by atoms with Crippen molar-refractivity contribution >= 4 is 11.7 Å². The Morgan fingerprint density at radius 3 is 2.78 bits per heavy atom. The Hall–Kier alpha value is -2.47. The van der Waals surface area contributed by atoms with E-state index in [0.29, 0.717) is 30.0 Å². The molecule has 1 heterocycles. The summed E-state index contributed by atoms with van der Waals surface area (Å²) < 4.78 is 13.6. The zero-order valence-corrected chi connectivity index (χ0v) is 13.3. The van der Waals surface area contributed by atoms with Crippen LogP contribution in [0.25, 0.3) is 0 Å². The van der Waals surface area contributed by atoms with Gasteiger partial charge >= 0.3 is 0 Å². The second kappa shape index (κ2) is 8.24. The van der Waals surface area contributed by atoms with Crippen LogP contribution in [0.3, 0.4) is 0 Å². The number of likely N-dealkylation sites (N-methyl/N-ethyl adjacent to an activating group) is 1. The van der Waals surface area contributed by atoms with Gasteiger partial charge in [0.1, 0.15) is 11.6 Å². The standard InChI is InChI=1S/C17H21FN4O/c1-22(2)10-9-20-17(23)13-7-8-19-16(11-13)21-12-14-5-3-4-6-15(14)18/h3-8,11H,9-10,12H2,1-2H3,(H,19,21)(H,20,23). The summed E-state index contributed by atoms with van der Waals surface area (Å²) in [5.74, 6) is 0.120. The van der Waals surface area contributed by atoms with E-state index in [1.54, 1.807) is 36.5 Å². The van der Waals surface area contributed by atoms with Gasteiger partial charge in [0.25, 0.3) is 5.91 Å². The molecule has 2 rings (SSSR count). The maximum atomic E-state index is 13.6. The molecule has 0 saturated heterocycles. The van der Waals surface area contributed by atoms with Crippen molar-refractivity contribution in [1.82, 2.24) is 15.2 Å². The molecule has 0 bridgehead atoms. The molecule has 0 aliphatic rings. The highest BCUT2D eigenvalue weighted by molar-refractivity contribution is 5.94. The van der Waals surface area contributed by atoms with Gasteiger partial charge in [-0.05, 0) is 32.3 Å². The first kappa shape index (κ1) is 16.9. The number of rotatable bonds is 7. The summed E-state index contributed by atoms with van der Waals surface area (Å²) in [6.45, 7) is 1.66. The Kier molecular flexibility index (Phi) is 6.05. The van der Waals surface area contributed by atoms with Crippen LogP contribution in [0.1, 0.15) is 15.9 Å². The third-order valence-electron chi connectivity index (χ3n) is 3.28. The van der Waals surface area contributed by atoms with Crippen molar-refractivity contribution in [2.24, 2.45) is 0 Å². The van der Waals surface area contributed by atoms with Gasteiger partial charge in [-0.3, -0.25) is 4.79 Å². The lowest BCUT2D eigenvalue weighted by Crippen LogP contribution is -2.31.